The van der Waals surface area contributed by atoms with Crippen molar-refractivity contribution in [1.29, 1.82) is 0 Å². The summed E-state index contributed by atoms with van der Waals surface area (Å²) in [5, 5.41) is 3.40. The van der Waals surface area contributed by atoms with Gasteiger partial charge >= 0.3 is 0 Å². The molecular formula is C23H28Si. The largest absolute Gasteiger partial charge is 0.113 e. The Bertz CT molecular complexity index is 848. The zero-order valence-electron chi connectivity index (χ0n) is 15.8. The van der Waals surface area contributed by atoms with E-state index >= 15 is 0 Å². The van der Waals surface area contributed by atoms with Gasteiger partial charge in [-0.2, -0.15) is 0 Å². The minimum Gasteiger partial charge on any atom is -0.0630 e. The molecule has 2 aromatic rings. The number of fused-ring (bicyclic) bond motifs is 1. The fourth-order valence-corrected chi connectivity index (χ4v) is 8.48. The topological polar surface area (TPSA) is 0 Å². The first-order chi connectivity index (χ1) is 11.3. The summed E-state index contributed by atoms with van der Waals surface area (Å²) in [4.78, 5) is 0. The lowest BCUT2D eigenvalue weighted by Crippen LogP contribution is -2.40. The zero-order valence-corrected chi connectivity index (χ0v) is 16.8. The molecule has 0 nitrogen and oxygen atoms in total. The zero-order chi connectivity index (χ0) is 17.2. The van der Waals surface area contributed by atoms with E-state index in [1.807, 2.05) is 0 Å². The van der Waals surface area contributed by atoms with Gasteiger partial charge in [-0.1, -0.05) is 82.8 Å². The van der Waals surface area contributed by atoms with Crippen molar-refractivity contribution < 1.29 is 0 Å². The summed E-state index contributed by atoms with van der Waals surface area (Å²) >= 11 is 0. The molecule has 4 rings (SSSR count). The highest BCUT2D eigenvalue weighted by molar-refractivity contribution is 7.07. The molecule has 0 saturated carbocycles. The molecule has 0 aromatic heterocycles. The van der Waals surface area contributed by atoms with Gasteiger partial charge in [0, 0.05) is 0 Å². The van der Waals surface area contributed by atoms with Gasteiger partial charge in [0.15, 0.2) is 0 Å². The molecule has 1 heterocycles. The Morgan fingerprint density at radius 2 is 1.46 bits per heavy atom. The molecule has 0 fully saturated rings. The Kier molecular flexibility index (Phi) is 3.44. The number of hydrogen-bond acceptors (Lipinski definition) is 0. The van der Waals surface area contributed by atoms with Crippen LogP contribution >= 0.6 is 0 Å². The van der Waals surface area contributed by atoms with Crippen LogP contribution in [0.5, 0.6) is 0 Å². The van der Waals surface area contributed by atoms with E-state index in [1.165, 1.54) is 17.5 Å². The van der Waals surface area contributed by atoms with E-state index in [9.17, 15) is 0 Å². The van der Waals surface area contributed by atoms with Gasteiger partial charge in [0.1, 0.15) is 8.07 Å². The van der Waals surface area contributed by atoms with Crippen molar-refractivity contribution in [2.24, 2.45) is 5.92 Å². The van der Waals surface area contributed by atoms with Crippen LogP contribution in [0.1, 0.15) is 50.3 Å². The second kappa shape index (κ2) is 5.19. The molecule has 0 saturated heterocycles. The summed E-state index contributed by atoms with van der Waals surface area (Å²) in [5.74, 6) is 1.26. The maximum absolute atomic E-state index is 2.55. The third-order valence-electron chi connectivity index (χ3n) is 6.10. The Morgan fingerprint density at radius 3 is 2.04 bits per heavy atom. The molecule has 0 unspecified atom stereocenters. The minimum atomic E-state index is -1.55. The van der Waals surface area contributed by atoms with Gasteiger partial charge in [-0.25, -0.2) is 0 Å². The van der Waals surface area contributed by atoms with E-state index in [0.717, 1.165) is 0 Å². The highest BCUT2D eigenvalue weighted by Crippen LogP contribution is 2.50. The highest BCUT2D eigenvalue weighted by Gasteiger charge is 2.45. The Hall–Kier alpha value is -1.60. The van der Waals surface area contributed by atoms with Gasteiger partial charge in [-0.05, 0) is 56.5 Å². The molecular weight excluding hydrogens is 304 g/mol. The van der Waals surface area contributed by atoms with Gasteiger partial charge in [-0.15, -0.1) is 0 Å². The van der Waals surface area contributed by atoms with E-state index in [4.69, 9.17) is 0 Å². The van der Waals surface area contributed by atoms with Crippen LogP contribution in [-0.4, -0.2) is 8.07 Å². The van der Waals surface area contributed by atoms with Crippen molar-refractivity contribution >= 4 is 18.5 Å². The van der Waals surface area contributed by atoms with Crippen LogP contribution in [0.2, 0.25) is 13.1 Å². The van der Waals surface area contributed by atoms with Crippen LogP contribution in [0.3, 0.4) is 0 Å². The smallest absolute Gasteiger partial charge is 0.0630 e. The quantitative estimate of drug-likeness (QED) is 0.613. The standard InChI is InChI=1S/C23H28Si/c1-14(2)16-7-9-17(10-8-16)21-20-12-11-18-13-19(15(3)4)23(22(18)21)24(20,5)6/h7-12,14-15H,13H2,1-6H3. The predicted molar refractivity (Wildman–Crippen MR) is 109 cm³/mol. The Labute approximate surface area is 147 Å². The molecule has 0 spiro atoms. The highest BCUT2D eigenvalue weighted by atomic mass is 28.3. The molecule has 1 aliphatic heterocycles. The summed E-state index contributed by atoms with van der Waals surface area (Å²) < 4.78 is 0. The van der Waals surface area contributed by atoms with Crippen LogP contribution in [0.25, 0.3) is 16.3 Å². The summed E-state index contributed by atoms with van der Waals surface area (Å²) in [6.45, 7) is 14.4. The molecule has 0 atom stereocenters. The average molecular weight is 333 g/mol. The number of benzene rings is 2. The van der Waals surface area contributed by atoms with Crippen LogP contribution in [0.4, 0.5) is 0 Å². The summed E-state index contributed by atoms with van der Waals surface area (Å²) in [7, 11) is -1.55. The minimum absolute atomic E-state index is 0.596. The molecule has 124 valence electrons. The Morgan fingerprint density at radius 1 is 0.792 bits per heavy atom. The van der Waals surface area contributed by atoms with E-state index < -0.39 is 8.07 Å². The molecule has 1 aliphatic carbocycles. The molecule has 2 aromatic carbocycles. The Balaban J connectivity index is 1.95. The van der Waals surface area contributed by atoms with Crippen molar-refractivity contribution in [3.63, 3.8) is 0 Å². The number of allylic oxidation sites excluding steroid dienone is 1. The average Bonchev–Trinajstić information content (AvgIpc) is 3.00. The van der Waals surface area contributed by atoms with Gasteiger partial charge in [0.2, 0.25) is 0 Å². The van der Waals surface area contributed by atoms with Crippen molar-refractivity contribution in [1.82, 2.24) is 0 Å². The molecule has 2 aliphatic rings. The fraction of sp³-hybridized carbons (Fsp3) is 0.391. The second-order valence-corrected chi connectivity index (χ2v) is 12.9. The van der Waals surface area contributed by atoms with Crippen LogP contribution < -0.4 is 5.19 Å². The maximum atomic E-state index is 2.55. The summed E-state index contributed by atoms with van der Waals surface area (Å²) in [6.07, 6.45) is 1.18. The molecule has 0 amide bonds. The SMILES string of the molecule is CC(C)C1=C2c3c(ccc(c3-c3ccc(C(C)C)cc3)[Si]2(C)C)C1. The van der Waals surface area contributed by atoms with Crippen molar-refractivity contribution in [3.8, 4) is 11.1 Å². The van der Waals surface area contributed by atoms with Gasteiger partial charge in [0.25, 0.3) is 0 Å². The molecule has 0 N–H and O–H groups in total. The maximum Gasteiger partial charge on any atom is 0.113 e. The number of rotatable bonds is 3. The van der Waals surface area contributed by atoms with E-state index in [2.05, 4.69) is 77.2 Å². The summed E-state index contributed by atoms with van der Waals surface area (Å²) in [5.41, 5.74) is 9.31. The van der Waals surface area contributed by atoms with Gasteiger partial charge < -0.3 is 0 Å². The molecule has 0 radical (unpaired) electrons. The first kappa shape index (κ1) is 15.9. The van der Waals surface area contributed by atoms with E-state index in [1.54, 1.807) is 32.6 Å². The van der Waals surface area contributed by atoms with E-state index in [0.29, 0.717) is 11.8 Å². The third kappa shape index (κ3) is 2.04. The normalized spacial score (nSPS) is 17.5. The predicted octanol–water partition coefficient (Wildman–Crippen LogP) is 5.91. The second-order valence-electron chi connectivity index (χ2n) is 8.66. The first-order valence-corrected chi connectivity index (χ1v) is 12.3. The van der Waals surface area contributed by atoms with Crippen LogP contribution in [0, 0.1) is 5.92 Å². The molecule has 1 heteroatoms. The van der Waals surface area contributed by atoms with E-state index in [-0.39, 0.29) is 0 Å². The molecule has 2 bridgehead atoms. The van der Waals surface area contributed by atoms with Gasteiger partial charge in [0.05, 0.1) is 0 Å². The van der Waals surface area contributed by atoms with Crippen LogP contribution in [0.15, 0.2) is 42.0 Å². The third-order valence-corrected chi connectivity index (χ3v) is 9.69. The lowest BCUT2D eigenvalue weighted by Gasteiger charge is -2.23. The number of hydrogen-bond donors (Lipinski definition) is 0. The van der Waals surface area contributed by atoms with Crippen molar-refractivity contribution in [2.75, 3.05) is 0 Å². The first-order valence-electron chi connectivity index (χ1n) is 9.33. The van der Waals surface area contributed by atoms with Gasteiger partial charge in [-0.3, -0.25) is 0 Å². The lowest BCUT2D eigenvalue weighted by molar-refractivity contribution is 0.753. The van der Waals surface area contributed by atoms with Crippen molar-refractivity contribution in [2.45, 2.75) is 53.1 Å². The van der Waals surface area contributed by atoms with Crippen LogP contribution in [-0.2, 0) is 6.42 Å². The molecule has 24 heavy (non-hydrogen) atoms. The monoisotopic (exact) mass is 332 g/mol. The van der Waals surface area contributed by atoms with Crippen molar-refractivity contribution in [3.05, 3.63) is 58.7 Å². The fourth-order valence-electron chi connectivity index (χ4n) is 4.73. The summed E-state index contributed by atoms with van der Waals surface area (Å²) in [6, 6.07) is 14.2. The lowest BCUT2D eigenvalue weighted by atomic mass is 9.94.